The lowest BCUT2D eigenvalue weighted by Gasteiger charge is -2.39. The molecular formula is C24H29F3N6. The Bertz CT molecular complexity index is 1120. The molecule has 0 bridgehead atoms. The van der Waals surface area contributed by atoms with Gasteiger partial charge in [-0.05, 0) is 57.6 Å². The van der Waals surface area contributed by atoms with Crippen LogP contribution >= 0.6 is 0 Å². The van der Waals surface area contributed by atoms with Crippen LogP contribution in [-0.2, 0) is 6.18 Å². The highest BCUT2D eigenvalue weighted by atomic mass is 19.4. The van der Waals surface area contributed by atoms with Crippen molar-refractivity contribution >= 4 is 11.5 Å². The molecular weight excluding hydrogens is 429 g/mol. The van der Waals surface area contributed by atoms with Crippen LogP contribution in [0.5, 0.6) is 0 Å². The minimum Gasteiger partial charge on any atom is -0.355 e. The summed E-state index contributed by atoms with van der Waals surface area (Å²) in [5, 5.41) is 0. The van der Waals surface area contributed by atoms with E-state index in [1.165, 1.54) is 12.3 Å². The first-order valence-corrected chi connectivity index (χ1v) is 11.5. The Morgan fingerprint density at radius 3 is 2.45 bits per heavy atom. The largest absolute Gasteiger partial charge is 0.418 e. The van der Waals surface area contributed by atoms with Crippen LogP contribution in [0.3, 0.4) is 0 Å². The number of likely N-dealkylation sites (tertiary alicyclic amines) is 1. The van der Waals surface area contributed by atoms with E-state index in [0.29, 0.717) is 6.42 Å². The van der Waals surface area contributed by atoms with Crippen LogP contribution in [0, 0.1) is 0 Å². The number of nitrogens with zero attached hydrogens (tertiary/aromatic N) is 6. The van der Waals surface area contributed by atoms with Crippen molar-refractivity contribution in [3.8, 4) is 0 Å². The Morgan fingerprint density at radius 2 is 1.70 bits per heavy atom. The first kappa shape index (κ1) is 22.2. The number of aromatic nitrogens is 3. The summed E-state index contributed by atoms with van der Waals surface area (Å²) in [6, 6.07) is 8.15. The predicted octanol–water partition coefficient (Wildman–Crippen LogP) is 4.40. The number of imidazole rings is 1. The van der Waals surface area contributed by atoms with Gasteiger partial charge in [0.2, 0.25) is 0 Å². The normalized spacial score (nSPS) is 23.4. The van der Waals surface area contributed by atoms with E-state index in [2.05, 4.69) is 38.5 Å². The number of anilines is 1. The second-order valence-electron chi connectivity index (χ2n) is 9.13. The second-order valence-corrected chi connectivity index (χ2v) is 9.13. The van der Waals surface area contributed by atoms with Crippen molar-refractivity contribution in [1.29, 1.82) is 0 Å². The molecule has 2 saturated heterocycles. The molecule has 2 aliphatic heterocycles. The van der Waals surface area contributed by atoms with Crippen LogP contribution in [0.4, 0.5) is 19.0 Å². The number of fused-ring (bicyclic) bond motifs is 1. The van der Waals surface area contributed by atoms with Crippen molar-refractivity contribution in [2.24, 2.45) is 0 Å². The molecule has 5 rings (SSSR count). The maximum Gasteiger partial charge on any atom is 0.418 e. The lowest BCUT2D eigenvalue weighted by atomic mass is 9.90. The molecule has 5 heterocycles. The van der Waals surface area contributed by atoms with Crippen molar-refractivity contribution in [2.45, 2.75) is 37.5 Å². The van der Waals surface area contributed by atoms with Gasteiger partial charge < -0.3 is 9.80 Å². The van der Waals surface area contributed by atoms with Crippen molar-refractivity contribution < 1.29 is 13.2 Å². The molecule has 33 heavy (non-hydrogen) atoms. The van der Waals surface area contributed by atoms with E-state index in [0.717, 1.165) is 62.2 Å². The van der Waals surface area contributed by atoms with Gasteiger partial charge in [-0.3, -0.25) is 14.3 Å². The van der Waals surface area contributed by atoms with Crippen molar-refractivity contribution in [2.75, 3.05) is 45.2 Å². The van der Waals surface area contributed by atoms with Crippen LogP contribution < -0.4 is 4.90 Å². The van der Waals surface area contributed by atoms with E-state index in [9.17, 15) is 13.2 Å². The fourth-order valence-corrected chi connectivity index (χ4v) is 5.21. The summed E-state index contributed by atoms with van der Waals surface area (Å²) in [6.45, 7) is 3.93. The molecule has 2 aliphatic rings. The number of rotatable bonds is 3. The SMILES string of the molecule is CN1CCN(c2cccc3nc([C@H]4CCC[C@@H](c5ncccc5C(F)(F)F)N4C)cn23)CC1. The molecule has 6 nitrogen and oxygen atoms in total. The fraction of sp³-hybridized carbons (Fsp3) is 0.500. The number of halogens is 3. The minimum atomic E-state index is -4.42. The van der Waals surface area contributed by atoms with Crippen molar-refractivity contribution in [3.05, 3.63) is 59.7 Å². The molecule has 3 aromatic rings. The van der Waals surface area contributed by atoms with Crippen LogP contribution in [0.25, 0.3) is 5.65 Å². The topological polar surface area (TPSA) is 39.9 Å². The quantitative estimate of drug-likeness (QED) is 0.582. The highest BCUT2D eigenvalue weighted by Gasteiger charge is 2.40. The summed E-state index contributed by atoms with van der Waals surface area (Å²) < 4.78 is 43.1. The number of piperazine rings is 1. The lowest BCUT2D eigenvalue weighted by Crippen LogP contribution is -2.45. The summed E-state index contributed by atoms with van der Waals surface area (Å²) in [4.78, 5) is 15.8. The minimum absolute atomic E-state index is 0.0629. The molecule has 2 fully saturated rings. The van der Waals surface area contributed by atoms with E-state index in [1.807, 2.05) is 24.1 Å². The second kappa shape index (κ2) is 8.61. The van der Waals surface area contributed by atoms with Gasteiger partial charge in [-0.1, -0.05) is 6.07 Å². The van der Waals surface area contributed by atoms with Crippen LogP contribution in [-0.4, -0.2) is 64.4 Å². The molecule has 0 aromatic carbocycles. The average molecular weight is 459 g/mol. The van der Waals surface area contributed by atoms with Gasteiger partial charge in [0.15, 0.2) is 0 Å². The number of pyridine rings is 2. The standard InChI is InChI=1S/C24H29F3N6/c1-30-12-14-32(15-13-30)22-10-4-9-21-29-18(16-33(21)22)19-7-3-8-20(31(19)2)23-17(24(25,26)27)6-5-11-28-23/h4-6,9-11,16,19-20H,3,7-8,12-15H2,1-2H3/t19-,20+/m1/s1. The first-order valence-electron chi connectivity index (χ1n) is 11.5. The Balaban J connectivity index is 1.46. The molecule has 0 aliphatic carbocycles. The molecule has 0 amide bonds. The monoisotopic (exact) mass is 458 g/mol. The number of hydrogen-bond donors (Lipinski definition) is 0. The predicted molar refractivity (Wildman–Crippen MR) is 121 cm³/mol. The zero-order valence-corrected chi connectivity index (χ0v) is 19.0. The first-order chi connectivity index (χ1) is 15.8. The third-order valence-electron chi connectivity index (χ3n) is 7.06. The van der Waals surface area contributed by atoms with Gasteiger partial charge in [-0.15, -0.1) is 0 Å². The molecule has 0 unspecified atom stereocenters. The smallest absolute Gasteiger partial charge is 0.355 e. The molecule has 0 saturated carbocycles. The molecule has 0 radical (unpaired) electrons. The highest BCUT2D eigenvalue weighted by molar-refractivity contribution is 5.53. The number of piperidine rings is 1. The van der Waals surface area contributed by atoms with Gasteiger partial charge in [0, 0.05) is 38.6 Å². The van der Waals surface area contributed by atoms with E-state index < -0.39 is 17.8 Å². The summed E-state index contributed by atoms with van der Waals surface area (Å²) in [5.41, 5.74) is 1.23. The van der Waals surface area contributed by atoms with Gasteiger partial charge >= 0.3 is 6.18 Å². The van der Waals surface area contributed by atoms with Gasteiger partial charge in [0.05, 0.1) is 29.0 Å². The highest BCUT2D eigenvalue weighted by Crippen LogP contribution is 2.43. The fourth-order valence-electron chi connectivity index (χ4n) is 5.21. The Kier molecular flexibility index (Phi) is 5.78. The number of hydrogen-bond acceptors (Lipinski definition) is 5. The van der Waals surface area contributed by atoms with E-state index in [-0.39, 0.29) is 11.7 Å². The third-order valence-corrected chi connectivity index (χ3v) is 7.06. The summed E-state index contributed by atoms with van der Waals surface area (Å²) in [5.74, 6) is 1.11. The van der Waals surface area contributed by atoms with E-state index in [1.54, 1.807) is 0 Å². The summed E-state index contributed by atoms with van der Waals surface area (Å²) in [6.07, 6.45) is 1.43. The molecule has 176 valence electrons. The number of likely N-dealkylation sites (N-methyl/N-ethyl adjacent to an activating group) is 1. The maximum atomic E-state index is 13.7. The Labute approximate surface area is 191 Å². The van der Waals surface area contributed by atoms with E-state index in [4.69, 9.17) is 4.98 Å². The van der Waals surface area contributed by atoms with Gasteiger partial charge in [-0.25, -0.2) is 4.98 Å². The van der Waals surface area contributed by atoms with Gasteiger partial charge in [0.25, 0.3) is 0 Å². The van der Waals surface area contributed by atoms with Gasteiger partial charge in [0.1, 0.15) is 11.5 Å². The molecule has 0 spiro atoms. The van der Waals surface area contributed by atoms with Crippen molar-refractivity contribution in [1.82, 2.24) is 24.2 Å². The third kappa shape index (κ3) is 4.19. The molecule has 9 heteroatoms. The molecule has 2 atom stereocenters. The summed E-state index contributed by atoms with van der Waals surface area (Å²) >= 11 is 0. The number of alkyl halides is 3. The van der Waals surface area contributed by atoms with Crippen molar-refractivity contribution in [3.63, 3.8) is 0 Å². The molecule has 0 N–H and O–H groups in total. The average Bonchev–Trinajstić information content (AvgIpc) is 3.23. The zero-order valence-electron chi connectivity index (χ0n) is 19.0. The molecule has 3 aromatic heterocycles. The Hall–Kier alpha value is -2.65. The maximum absolute atomic E-state index is 13.7. The zero-order chi connectivity index (χ0) is 23.2. The van der Waals surface area contributed by atoms with Crippen LogP contribution in [0.15, 0.2) is 42.7 Å². The Morgan fingerprint density at radius 1 is 0.939 bits per heavy atom. The van der Waals surface area contributed by atoms with Crippen LogP contribution in [0.1, 0.15) is 48.3 Å². The van der Waals surface area contributed by atoms with Gasteiger partial charge in [-0.2, -0.15) is 13.2 Å². The lowest BCUT2D eigenvalue weighted by molar-refractivity contribution is -0.139. The van der Waals surface area contributed by atoms with Crippen LogP contribution in [0.2, 0.25) is 0 Å². The summed E-state index contributed by atoms with van der Waals surface area (Å²) in [7, 11) is 4.03. The van der Waals surface area contributed by atoms with E-state index >= 15 is 0 Å².